The number of carbonyl (C=O) groups is 1. The van der Waals surface area contributed by atoms with E-state index in [1.165, 1.54) is 0 Å². The largest absolute Gasteiger partial charge is 0.512 e. The number of rotatable bonds is 12. The van der Waals surface area contributed by atoms with Crippen molar-refractivity contribution in [2.24, 2.45) is 0 Å². The van der Waals surface area contributed by atoms with Crippen LogP contribution in [0.1, 0.15) is 33.6 Å². The van der Waals surface area contributed by atoms with Crippen molar-refractivity contribution in [1.29, 1.82) is 0 Å². The fraction of sp³-hybridized carbons (Fsp3) is 0.833. The van der Waals surface area contributed by atoms with E-state index in [1.54, 1.807) is 6.92 Å². The molecule has 28 heavy (non-hydrogen) atoms. The van der Waals surface area contributed by atoms with Crippen LogP contribution in [0, 0.1) is 0 Å². The van der Waals surface area contributed by atoms with Crippen molar-refractivity contribution >= 4 is 39.7 Å². The van der Waals surface area contributed by atoms with Gasteiger partial charge >= 0.3 is 14.8 Å². The van der Waals surface area contributed by atoms with Gasteiger partial charge in [0.25, 0.3) is 0 Å². The summed E-state index contributed by atoms with van der Waals surface area (Å²) in [4.78, 5) is 11.5. The quantitative estimate of drug-likeness (QED) is 0.230. The first-order chi connectivity index (χ1) is 12.4. The fourth-order valence-electron chi connectivity index (χ4n) is 2.67. The summed E-state index contributed by atoms with van der Waals surface area (Å²) in [7, 11) is -9.37. The van der Waals surface area contributed by atoms with Crippen molar-refractivity contribution in [2.75, 3.05) is 0 Å². The molecule has 1 unspecified atom stereocenters. The number of allylic oxidation sites excluding steroid dienone is 1. The van der Waals surface area contributed by atoms with Crippen molar-refractivity contribution in [3.63, 3.8) is 0 Å². The van der Waals surface area contributed by atoms with Crippen molar-refractivity contribution < 1.29 is 27.0 Å². The predicted molar refractivity (Wildman–Crippen MR) is 125 cm³/mol. The Balaban J connectivity index is 6.46. The van der Waals surface area contributed by atoms with Gasteiger partial charge in [-0.1, -0.05) is 13.8 Å². The maximum absolute atomic E-state index is 11.5. The lowest BCUT2D eigenvalue weighted by Gasteiger charge is -2.46. The smallest absolute Gasteiger partial charge is 0.490 e. The first-order valence-corrected chi connectivity index (χ1v) is 22.1. The third kappa shape index (κ3) is 9.99. The topological polar surface area (TPSA) is 74.2 Å². The maximum atomic E-state index is 11.5. The summed E-state index contributed by atoms with van der Waals surface area (Å²) >= 11 is 0. The molecule has 10 heteroatoms. The lowest BCUT2D eigenvalue weighted by atomic mass is 10.2. The number of ether oxygens (including phenoxy) is 1. The molecule has 0 aromatic heterocycles. The molecule has 0 bridgehead atoms. The Bertz CT molecular complexity index is 517. The van der Waals surface area contributed by atoms with E-state index in [0.717, 1.165) is 0 Å². The second-order valence-corrected chi connectivity index (χ2v) is 26.9. The minimum atomic E-state index is -3.26. The van der Waals surface area contributed by atoms with Crippen LogP contribution in [0.4, 0.5) is 0 Å². The highest BCUT2D eigenvalue weighted by atomic mass is 28.5. The lowest BCUT2D eigenvalue weighted by molar-refractivity contribution is -0.133. The zero-order chi connectivity index (χ0) is 22.6. The summed E-state index contributed by atoms with van der Waals surface area (Å²) in [6.45, 7) is 24.6. The minimum absolute atomic E-state index is 0.220. The Labute approximate surface area is 176 Å². The van der Waals surface area contributed by atoms with Gasteiger partial charge in [-0.25, -0.2) is 4.79 Å². The van der Waals surface area contributed by atoms with E-state index in [2.05, 4.69) is 58.9 Å². The molecule has 0 aliphatic heterocycles. The molecule has 0 aliphatic rings. The first kappa shape index (κ1) is 27.8. The van der Waals surface area contributed by atoms with Crippen LogP contribution in [0.2, 0.25) is 58.9 Å². The normalized spacial score (nSPS) is 15.9. The molecule has 1 N–H and O–H groups in total. The molecule has 0 saturated carbocycles. The molecule has 0 aromatic rings. The number of carboxylic acid groups (broad SMARTS) is 1. The third-order valence-corrected chi connectivity index (χ3v) is 15.5. The monoisotopic (exact) mass is 466 g/mol. The van der Waals surface area contributed by atoms with Gasteiger partial charge in [-0.3, -0.25) is 0 Å². The van der Waals surface area contributed by atoms with Crippen LogP contribution in [0.25, 0.3) is 0 Å². The summed E-state index contributed by atoms with van der Waals surface area (Å²) in [6.07, 6.45) is 1.12. The van der Waals surface area contributed by atoms with Crippen LogP contribution in [0.3, 0.4) is 0 Å². The van der Waals surface area contributed by atoms with Crippen molar-refractivity contribution in [1.82, 2.24) is 0 Å². The van der Waals surface area contributed by atoms with Gasteiger partial charge in [0.15, 0.2) is 30.7 Å². The van der Waals surface area contributed by atoms with Gasteiger partial charge < -0.3 is 22.2 Å². The highest BCUT2D eigenvalue weighted by molar-refractivity contribution is 6.90. The van der Waals surface area contributed by atoms with Gasteiger partial charge in [0.05, 0.1) is 5.57 Å². The van der Waals surface area contributed by atoms with E-state index in [9.17, 15) is 9.90 Å². The van der Waals surface area contributed by atoms with Crippen molar-refractivity contribution in [2.45, 2.75) is 98.3 Å². The van der Waals surface area contributed by atoms with Gasteiger partial charge in [-0.15, -0.1) is 0 Å². The molecule has 0 heterocycles. The molecule has 0 fully saturated rings. The highest BCUT2D eigenvalue weighted by Crippen LogP contribution is 2.33. The van der Waals surface area contributed by atoms with Crippen molar-refractivity contribution in [3.05, 3.63) is 11.3 Å². The fourth-order valence-corrected chi connectivity index (χ4v) is 16.9. The van der Waals surface area contributed by atoms with Crippen LogP contribution >= 0.6 is 0 Å². The first-order valence-electron chi connectivity index (χ1n) is 10.1. The molecular formula is C18H42O6Si4. The Morgan fingerprint density at radius 2 is 1.18 bits per heavy atom. The molecule has 0 aromatic carbocycles. The molecule has 0 spiro atoms. The molecule has 0 rings (SSSR count). The predicted octanol–water partition coefficient (Wildman–Crippen LogP) is 5.58. The second kappa shape index (κ2) is 10.2. The zero-order valence-electron chi connectivity index (χ0n) is 20.0. The average molecular weight is 467 g/mol. The second-order valence-electron chi connectivity index (χ2n) is 9.97. The number of hydrogen-bond acceptors (Lipinski definition) is 5. The van der Waals surface area contributed by atoms with Crippen LogP contribution in [0.5, 0.6) is 0 Å². The Morgan fingerprint density at radius 3 is 1.39 bits per heavy atom. The highest BCUT2D eigenvalue weighted by Gasteiger charge is 2.57. The lowest BCUT2D eigenvalue weighted by Crippen LogP contribution is -2.67. The summed E-state index contributed by atoms with van der Waals surface area (Å²) in [5.41, 5.74) is -0.209. The Morgan fingerprint density at radius 1 is 0.821 bits per heavy atom. The molecule has 0 amide bonds. The standard InChI is InChI=1S/C18H42O6Si4/c1-13-16(15(3)18(19)20)21-17(14-2)28(22-25(4,5)6,23-26(7,8)9)24-27(10,11)12/h17H,13-14H2,1-12H3,(H,19,20)/b16-15+. The summed E-state index contributed by atoms with van der Waals surface area (Å²) in [6, 6.07) is 0. The van der Waals surface area contributed by atoms with Gasteiger partial charge in [-0.05, 0) is 72.3 Å². The maximum Gasteiger partial charge on any atom is 0.512 e. The molecular weight excluding hydrogens is 425 g/mol. The number of hydrogen-bond donors (Lipinski definition) is 1. The Kier molecular flexibility index (Phi) is 10.1. The summed E-state index contributed by atoms with van der Waals surface area (Å²) < 4.78 is 26.5. The Hall–Kier alpha value is -0.242. The molecule has 1 atom stereocenters. The van der Waals surface area contributed by atoms with Crippen LogP contribution in [-0.2, 0) is 21.9 Å². The van der Waals surface area contributed by atoms with Crippen LogP contribution in [0.15, 0.2) is 11.3 Å². The average Bonchev–Trinajstić information content (AvgIpc) is 2.41. The van der Waals surface area contributed by atoms with Crippen molar-refractivity contribution in [3.8, 4) is 0 Å². The van der Waals surface area contributed by atoms with Gasteiger partial charge in [-0.2, -0.15) is 0 Å². The van der Waals surface area contributed by atoms with E-state index in [0.29, 0.717) is 18.6 Å². The molecule has 6 nitrogen and oxygen atoms in total. The number of carboxylic acids is 1. The minimum Gasteiger partial charge on any atom is -0.490 e. The molecule has 0 saturated heterocycles. The van der Waals surface area contributed by atoms with E-state index < -0.39 is 45.5 Å². The van der Waals surface area contributed by atoms with E-state index in [4.69, 9.17) is 17.1 Å². The zero-order valence-corrected chi connectivity index (χ0v) is 24.0. The van der Waals surface area contributed by atoms with Crippen LogP contribution < -0.4 is 0 Å². The van der Waals surface area contributed by atoms with Gasteiger partial charge in [0, 0.05) is 6.42 Å². The van der Waals surface area contributed by atoms with Crippen LogP contribution in [-0.4, -0.2) is 50.6 Å². The third-order valence-electron chi connectivity index (χ3n) is 3.46. The van der Waals surface area contributed by atoms with Gasteiger partial charge in [0.1, 0.15) is 5.76 Å². The SMILES string of the molecule is CC/C(OC(CC)[Si](O[Si](C)(C)C)(O[Si](C)(C)C)O[Si](C)(C)C)=C(/C)C(=O)O. The molecule has 0 radical (unpaired) electrons. The van der Waals surface area contributed by atoms with E-state index in [-0.39, 0.29) is 5.57 Å². The molecule has 166 valence electrons. The van der Waals surface area contributed by atoms with E-state index in [1.807, 2.05) is 13.8 Å². The van der Waals surface area contributed by atoms with Gasteiger partial charge in [0.2, 0.25) is 0 Å². The summed E-state index contributed by atoms with van der Waals surface area (Å²) in [5.74, 6) is -0.504. The van der Waals surface area contributed by atoms with E-state index >= 15 is 0 Å². The number of aliphatic carboxylic acids is 1. The summed E-state index contributed by atoms with van der Waals surface area (Å²) in [5, 5.41) is 9.43. The molecule has 0 aliphatic carbocycles.